The SMILES string of the molecule is Cl.O=C(c1ccc2c(c1)CCN2)N1CCN(Cc2ccncc2)CC1. The summed E-state index contributed by atoms with van der Waals surface area (Å²) in [7, 11) is 0. The number of nitrogens with zero attached hydrogens (tertiary/aromatic N) is 3. The predicted molar refractivity (Wildman–Crippen MR) is 101 cm³/mol. The lowest BCUT2D eigenvalue weighted by Gasteiger charge is -2.34. The van der Waals surface area contributed by atoms with Crippen LogP contribution < -0.4 is 5.32 Å². The van der Waals surface area contributed by atoms with Gasteiger partial charge in [-0.1, -0.05) is 0 Å². The van der Waals surface area contributed by atoms with Crippen molar-refractivity contribution in [3.63, 3.8) is 0 Å². The van der Waals surface area contributed by atoms with Crippen LogP contribution in [0.4, 0.5) is 5.69 Å². The first kappa shape index (κ1) is 17.7. The van der Waals surface area contributed by atoms with Gasteiger partial charge in [0.1, 0.15) is 0 Å². The highest BCUT2D eigenvalue weighted by Gasteiger charge is 2.23. The van der Waals surface area contributed by atoms with Gasteiger partial charge in [-0.3, -0.25) is 14.7 Å². The Balaban J connectivity index is 0.00000182. The van der Waals surface area contributed by atoms with Gasteiger partial charge in [-0.05, 0) is 47.9 Å². The summed E-state index contributed by atoms with van der Waals surface area (Å²) in [6.45, 7) is 5.31. The number of hydrogen-bond acceptors (Lipinski definition) is 4. The van der Waals surface area contributed by atoms with Crippen LogP contribution in [0.25, 0.3) is 0 Å². The normalized spacial score (nSPS) is 16.7. The molecule has 1 N–H and O–H groups in total. The van der Waals surface area contributed by atoms with E-state index in [4.69, 9.17) is 0 Å². The van der Waals surface area contributed by atoms with E-state index in [0.29, 0.717) is 0 Å². The van der Waals surface area contributed by atoms with Gasteiger partial charge in [0.25, 0.3) is 5.91 Å². The zero-order valence-electron chi connectivity index (χ0n) is 14.1. The molecule has 1 saturated heterocycles. The first-order chi connectivity index (χ1) is 11.8. The molecule has 2 aromatic rings. The second-order valence-corrected chi connectivity index (χ2v) is 6.47. The van der Waals surface area contributed by atoms with Crippen molar-refractivity contribution >= 4 is 24.0 Å². The first-order valence-corrected chi connectivity index (χ1v) is 8.57. The van der Waals surface area contributed by atoms with Gasteiger partial charge >= 0.3 is 0 Å². The summed E-state index contributed by atoms with van der Waals surface area (Å²) in [5.41, 5.74) is 4.53. The van der Waals surface area contributed by atoms with Crippen LogP contribution in [0.1, 0.15) is 21.5 Å². The van der Waals surface area contributed by atoms with E-state index >= 15 is 0 Å². The number of aromatic nitrogens is 1. The minimum atomic E-state index is 0. The highest BCUT2D eigenvalue weighted by atomic mass is 35.5. The number of nitrogens with one attached hydrogen (secondary N) is 1. The van der Waals surface area contributed by atoms with Crippen LogP contribution in [-0.2, 0) is 13.0 Å². The Morgan fingerprint density at radius 1 is 1.08 bits per heavy atom. The highest BCUT2D eigenvalue weighted by molar-refractivity contribution is 5.95. The van der Waals surface area contributed by atoms with E-state index in [1.54, 1.807) is 0 Å². The molecule has 1 aromatic carbocycles. The molecule has 1 fully saturated rings. The molecule has 2 aliphatic rings. The summed E-state index contributed by atoms with van der Waals surface area (Å²) in [5.74, 6) is 0.160. The summed E-state index contributed by atoms with van der Waals surface area (Å²) in [6, 6.07) is 10.1. The van der Waals surface area contributed by atoms with Gasteiger partial charge in [0, 0.05) is 62.9 Å². The monoisotopic (exact) mass is 358 g/mol. The fraction of sp³-hybridized carbons (Fsp3) is 0.368. The number of piperazine rings is 1. The lowest BCUT2D eigenvalue weighted by Crippen LogP contribution is -2.48. The van der Waals surface area contributed by atoms with Gasteiger partial charge in [-0.2, -0.15) is 0 Å². The third-order valence-electron chi connectivity index (χ3n) is 4.88. The molecule has 0 aliphatic carbocycles. The van der Waals surface area contributed by atoms with E-state index in [0.717, 1.165) is 51.3 Å². The number of halogens is 1. The highest BCUT2D eigenvalue weighted by Crippen LogP contribution is 2.24. The molecule has 2 aliphatic heterocycles. The number of carbonyl (C=O) groups is 1. The summed E-state index contributed by atoms with van der Waals surface area (Å²) in [4.78, 5) is 21.2. The fourth-order valence-corrected chi connectivity index (χ4v) is 3.48. The van der Waals surface area contributed by atoms with Crippen LogP contribution >= 0.6 is 12.4 Å². The summed E-state index contributed by atoms with van der Waals surface area (Å²) >= 11 is 0. The van der Waals surface area contributed by atoms with E-state index < -0.39 is 0 Å². The number of amides is 1. The number of anilines is 1. The Hall–Kier alpha value is -2.11. The molecular formula is C19H23ClN4O. The Kier molecular flexibility index (Phi) is 5.56. The van der Waals surface area contributed by atoms with Gasteiger partial charge in [-0.25, -0.2) is 0 Å². The number of benzene rings is 1. The molecule has 132 valence electrons. The summed E-state index contributed by atoms with van der Waals surface area (Å²) in [5, 5.41) is 3.34. The Morgan fingerprint density at radius 2 is 1.84 bits per heavy atom. The smallest absolute Gasteiger partial charge is 0.253 e. The van der Waals surface area contributed by atoms with Crippen molar-refractivity contribution in [2.45, 2.75) is 13.0 Å². The lowest BCUT2D eigenvalue weighted by molar-refractivity contribution is 0.0628. The number of fused-ring (bicyclic) bond motifs is 1. The number of hydrogen-bond donors (Lipinski definition) is 1. The van der Waals surface area contributed by atoms with Crippen molar-refractivity contribution in [2.75, 3.05) is 38.0 Å². The average molecular weight is 359 g/mol. The topological polar surface area (TPSA) is 48.5 Å². The minimum Gasteiger partial charge on any atom is -0.384 e. The Labute approximate surface area is 154 Å². The van der Waals surface area contributed by atoms with Crippen LogP contribution in [0, 0.1) is 0 Å². The largest absolute Gasteiger partial charge is 0.384 e. The lowest BCUT2D eigenvalue weighted by atomic mass is 10.1. The van der Waals surface area contributed by atoms with E-state index in [-0.39, 0.29) is 18.3 Å². The molecule has 3 heterocycles. The van der Waals surface area contributed by atoms with Gasteiger partial charge < -0.3 is 10.2 Å². The van der Waals surface area contributed by atoms with Crippen molar-refractivity contribution in [3.05, 3.63) is 59.4 Å². The zero-order chi connectivity index (χ0) is 16.4. The van der Waals surface area contributed by atoms with Gasteiger partial charge in [-0.15, -0.1) is 12.4 Å². The maximum atomic E-state index is 12.7. The third-order valence-corrected chi connectivity index (χ3v) is 4.88. The number of carbonyl (C=O) groups excluding carboxylic acids is 1. The molecule has 6 heteroatoms. The third kappa shape index (κ3) is 3.94. The Bertz CT molecular complexity index is 729. The summed E-state index contributed by atoms with van der Waals surface area (Å²) < 4.78 is 0. The maximum Gasteiger partial charge on any atom is 0.253 e. The quantitative estimate of drug-likeness (QED) is 0.915. The molecule has 4 rings (SSSR count). The van der Waals surface area contributed by atoms with Crippen LogP contribution in [0.3, 0.4) is 0 Å². The molecular weight excluding hydrogens is 336 g/mol. The molecule has 0 bridgehead atoms. The van der Waals surface area contributed by atoms with Crippen LogP contribution in [-0.4, -0.2) is 53.4 Å². The summed E-state index contributed by atoms with van der Waals surface area (Å²) in [6.07, 6.45) is 4.67. The molecule has 0 saturated carbocycles. The van der Waals surface area contributed by atoms with Gasteiger partial charge in [0.15, 0.2) is 0 Å². The van der Waals surface area contributed by atoms with Crippen LogP contribution in [0.15, 0.2) is 42.7 Å². The van der Waals surface area contributed by atoms with Crippen molar-refractivity contribution in [2.24, 2.45) is 0 Å². The molecule has 5 nitrogen and oxygen atoms in total. The van der Waals surface area contributed by atoms with Crippen LogP contribution in [0.2, 0.25) is 0 Å². The minimum absolute atomic E-state index is 0. The van der Waals surface area contributed by atoms with Gasteiger partial charge in [0.05, 0.1) is 0 Å². The second-order valence-electron chi connectivity index (χ2n) is 6.47. The first-order valence-electron chi connectivity index (χ1n) is 8.57. The van der Waals surface area contributed by atoms with Crippen molar-refractivity contribution < 1.29 is 4.79 Å². The van der Waals surface area contributed by atoms with Crippen molar-refractivity contribution in [1.82, 2.24) is 14.8 Å². The fourth-order valence-electron chi connectivity index (χ4n) is 3.48. The zero-order valence-corrected chi connectivity index (χ0v) is 15.0. The van der Waals surface area contributed by atoms with Crippen molar-refractivity contribution in [3.8, 4) is 0 Å². The average Bonchev–Trinajstić information content (AvgIpc) is 3.10. The number of pyridine rings is 1. The molecule has 0 radical (unpaired) electrons. The molecule has 25 heavy (non-hydrogen) atoms. The van der Waals surface area contributed by atoms with E-state index in [2.05, 4.69) is 33.4 Å². The molecule has 1 aromatic heterocycles. The van der Waals surface area contributed by atoms with E-state index in [1.807, 2.05) is 29.4 Å². The second kappa shape index (κ2) is 7.85. The van der Waals surface area contributed by atoms with Crippen molar-refractivity contribution in [1.29, 1.82) is 0 Å². The van der Waals surface area contributed by atoms with Gasteiger partial charge in [0.2, 0.25) is 0 Å². The predicted octanol–water partition coefficient (Wildman–Crippen LogP) is 2.43. The van der Waals surface area contributed by atoms with E-state index in [9.17, 15) is 4.79 Å². The standard InChI is InChI=1S/C19H22N4O.ClH/c24-19(17-1-2-18-16(13-17)5-8-21-18)23-11-9-22(10-12-23)14-15-3-6-20-7-4-15;/h1-4,6-7,13,21H,5,8-12,14H2;1H. The molecule has 0 unspecified atom stereocenters. The Morgan fingerprint density at radius 3 is 2.60 bits per heavy atom. The molecule has 0 spiro atoms. The van der Waals surface area contributed by atoms with E-state index in [1.165, 1.54) is 16.8 Å². The van der Waals surface area contributed by atoms with Crippen LogP contribution in [0.5, 0.6) is 0 Å². The molecule has 1 amide bonds. The maximum absolute atomic E-state index is 12.7. The molecule has 0 atom stereocenters. The number of rotatable bonds is 3.